The van der Waals surface area contributed by atoms with Crippen LogP contribution in [0.25, 0.3) is 0 Å². The predicted octanol–water partition coefficient (Wildman–Crippen LogP) is 2.99. The minimum absolute atomic E-state index is 0.240. The first-order valence-corrected chi connectivity index (χ1v) is 8.24. The molecule has 3 heteroatoms. The van der Waals surface area contributed by atoms with Gasteiger partial charge >= 0.3 is 0 Å². The van der Waals surface area contributed by atoms with Crippen LogP contribution < -0.4 is 10.6 Å². The molecule has 2 fully saturated rings. The highest BCUT2D eigenvalue weighted by Gasteiger charge is 2.39. The zero-order chi connectivity index (χ0) is 13.7. The summed E-state index contributed by atoms with van der Waals surface area (Å²) in [7, 11) is 0. The summed E-state index contributed by atoms with van der Waals surface area (Å²) in [6.07, 6.45) is 11.0. The highest BCUT2D eigenvalue weighted by Crippen LogP contribution is 2.27. The van der Waals surface area contributed by atoms with Gasteiger partial charge in [0.2, 0.25) is 5.91 Å². The maximum Gasteiger partial charge on any atom is 0.240 e. The maximum atomic E-state index is 12.6. The van der Waals surface area contributed by atoms with Crippen molar-refractivity contribution in [2.24, 2.45) is 5.92 Å². The Morgan fingerprint density at radius 2 is 1.95 bits per heavy atom. The topological polar surface area (TPSA) is 41.1 Å². The van der Waals surface area contributed by atoms with Gasteiger partial charge in [0, 0.05) is 6.04 Å². The molecule has 1 unspecified atom stereocenters. The molecule has 110 valence electrons. The van der Waals surface area contributed by atoms with E-state index in [9.17, 15) is 4.79 Å². The third-order valence-corrected chi connectivity index (χ3v) is 5.25. The zero-order valence-corrected chi connectivity index (χ0v) is 12.6. The molecule has 0 aromatic heterocycles. The number of rotatable bonds is 4. The molecule has 1 saturated carbocycles. The van der Waals surface area contributed by atoms with Crippen LogP contribution in [0.2, 0.25) is 0 Å². The average molecular weight is 266 g/mol. The molecule has 1 aliphatic carbocycles. The van der Waals surface area contributed by atoms with E-state index in [0.29, 0.717) is 12.0 Å². The van der Waals surface area contributed by atoms with Gasteiger partial charge in [0.15, 0.2) is 0 Å². The van der Waals surface area contributed by atoms with Gasteiger partial charge in [-0.15, -0.1) is 0 Å². The normalized spacial score (nSPS) is 30.8. The molecule has 1 saturated heterocycles. The lowest BCUT2D eigenvalue weighted by Crippen LogP contribution is -2.56. The van der Waals surface area contributed by atoms with Crippen molar-refractivity contribution in [1.29, 1.82) is 0 Å². The van der Waals surface area contributed by atoms with Gasteiger partial charge in [-0.2, -0.15) is 0 Å². The van der Waals surface area contributed by atoms with Crippen LogP contribution in [0.3, 0.4) is 0 Å². The second-order valence-corrected chi connectivity index (χ2v) is 6.48. The Balaban J connectivity index is 1.89. The number of hydrogen-bond donors (Lipinski definition) is 2. The van der Waals surface area contributed by atoms with Crippen molar-refractivity contribution in [3.05, 3.63) is 0 Å². The number of hydrogen-bond acceptors (Lipinski definition) is 2. The largest absolute Gasteiger partial charge is 0.352 e. The SMILES string of the molecule is CCC1(C(=O)N[C@H](C)C2CCCCCC2)CCCN1. The van der Waals surface area contributed by atoms with Crippen molar-refractivity contribution in [1.82, 2.24) is 10.6 Å². The van der Waals surface area contributed by atoms with E-state index in [1.165, 1.54) is 38.5 Å². The maximum absolute atomic E-state index is 12.6. The lowest BCUT2D eigenvalue weighted by molar-refractivity contribution is -0.128. The Morgan fingerprint density at radius 1 is 1.26 bits per heavy atom. The van der Waals surface area contributed by atoms with Crippen LogP contribution in [0.15, 0.2) is 0 Å². The van der Waals surface area contributed by atoms with E-state index in [1.807, 2.05) is 0 Å². The fourth-order valence-corrected chi connectivity index (χ4v) is 3.74. The fourth-order valence-electron chi connectivity index (χ4n) is 3.74. The molecule has 1 heterocycles. The van der Waals surface area contributed by atoms with E-state index in [1.54, 1.807) is 0 Å². The van der Waals surface area contributed by atoms with Crippen LogP contribution >= 0.6 is 0 Å². The summed E-state index contributed by atoms with van der Waals surface area (Å²) in [5.41, 5.74) is -0.279. The molecule has 19 heavy (non-hydrogen) atoms. The summed E-state index contributed by atoms with van der Waals surface area (Å²) in [4.78, 5) is 12.6. The molecule has 0 radical (unpaired) electrons. The molecule has 0 spiro atoms. The molecule has 2 aliphatic rings. The van der Waals surface area contributed by atoms with Crippen molar-refractivity contribution in [3.63, 3.8) is 0 Å². The molecule has 2 rings (SSSR count). The number of carbonyl (C=O) groups is 1. The molecule has 0 aromatic rings. The summed E-state index contributed by atoms with van der Waals surface area (Å²) in [5, 5.41) is 6.74. The molecule has 2 N–H and O–H groups in total. The summed E-state index contributed by atoms with van der Waals surface area (Å²) < 4.78 is 0. The third kappa shape index (κ3) is 3.50. The van der Waals surface area contributed by atoms with Crippen molar-refractivity contribution in [2.75, 3.05) is 6.54 Å². The smallest absolute Gasteiger partial charge is 0.240 e. The standard InChI is InChI=1S/C16H30N2O/c1-3-16(11-8-12-17-16)15(19)18-13(2)14-9-6-4-5-7-10-14/h13-14,17H,3-12H2,1-2H3,(H,18,19)/t13-,16?/m1/s1. The van der Waals surface area contributed by atoms with Gasteiger partial charge in [-0.25, -0.2) is 0 Å². The first-order chi connectivity index (χ1) is 9.18. The fraction of sp³-hybridized carbons (Fsp3) is 0.938. The van der Waals surface area contributed by atoms with E-state index < -0.39 is 0 Å². The average Bonchev–Trinajstić information content (AvgIpc) is 2.74. The minimum atomic E-state index is -0.279. The predicted molar refractivity (Wildman–Crippen MR) is 79.1 cm³/mol. The molecular formula is C16H30N2O. The molecule has 1 amide bonds. The van der Waals surface area contributed by atoms with Crippen molar-refractivity contribution in [3.8, 4) is 0 Å². The summed E-state index contributed by atoms with van der Waals surface area (Å²) in [5.74, 6) is 0.922. The monoisotopic (exact) mass is 266 g/mol. The first-order valence-electron chi connectivity index (χ1n) is 8.24. The van der Waals surface area contributed by atoms with Crippen LogP contribution in [0.1, 0.15) is 71.6 Å². The Morgan fingerprint density at radius 3 is 2.47 bits per heavy atom. The van der Waals surface area contributed by atoms with Gasteiger partial charge in [-0.05, 0) is 51.5 Å². The minimum Gasteiger partial charge on any atom is -0.352 e. The van der Waals surface area contributed by atoms with E-state index in [-0.39, 0.29) is 11.4 Å². The first kappa shape index (κ1) is 14.8. The second-order valence-electron chi connectivity index (χ2n) is 6.48. The molecule has 3 nitrogen and oxygen atoms in total. The lowest BCUT2D eigenvalue weighted by atomic mass is 9.89. The zero-order valence-electron chi connectivity index (χ0n) is 12.6. The Hall–Kier alpha value is -0.570. The van der Waals surface area contributed by atoms with Gasteiger partial charge in [0.25, 0.3) is 0 Å². The van der Waals surface area contributed by atoms with Crippen LogP contribution in [0, 0.1) is 5.92 Å². The quantitative estimate of drug-likeness (QED) is 0.768. The second kappa shape index (κ2) is 6.74. The van der Waals surface area contributed by atoms with Gasteiger partial charge in [0.05, 0.1) is 5.54 Å². The Labute approximate surface area is 117 Å². The van der Waals surface area contributed by atoms with Gasteiger partial charge < -0.3 is 10.6 Å². The Kier molecular flexibility index (Phi) is 5.26. The van der Waals surface area contributed by atoms with E-state index in [0.717, 1.165) is 25.8 Å². The van der Waals surface area contributed by atoms with E-state index >= 15 is 0 Å². The molecule has 2 atom stereocenters. The Bertz CT molecular complexity index is 289. The van der Waals surface area contributed by atoms with Gasteiger partial charge in [-0.3, -0.25) is 4.79 Å². The molecular weight excluding hydrogens is 236 g/mol. The highest BCUT2D eigenvalue weighted by molar-refractivity contribution is 5.86. The molecule has 0 bridgehead atoms. The number of amides is 1. The van der Waals surface area contributed by atoms with Crippen molar-refractivity contribution in [2.45, 2.75) is 83.2 Å². The van der Waals surface area contributed by atoms with Crippen LogP contribution in [0.4, 0.5) is 0 Å². The van der Waals surface area contributed by atoms with Gasteiger partial charge in [-0.1, -0.05) is 32.6 Å². The van der Waals surface area contributed by atoms with Gasteiger partial charge in [0.1, 0.15) is 0 Å². The summed E-state index contributed by atoms with van der Waals surface area (Å²) in [6, 6.07) is 0.330. The van der Waals surface area contributed by atoms with Crippen LogP contribution in [-0.4, -0.2) is 24.0 Å². The summed E-state index contributed by atoms with van der Waals surface area (Å²) in [6.45, 7) is 5.31. The summed E-state index contributed by atoms with van der Waals surface area (Å²) >= 11 is 0. The third-order valence-electron chi connectivity index (χ3n) is 5.25. The number of carbonyl (C=O) groups excluding carboxylic acids is 1. The van der Waals surface area contributed by atoms with Crippen molar-refractivity contribution < 1.29 is 4.79 Å². The van der Waals surface area contributed by atoms with Crippen LogP contribution in [0.5, 0.6) is 0 Å². The van der Waals surface area contributed by atoms with E-state index in [2.05, 4.69) is 24.5 Å². The van der Waals surface area contributed by atoms with Crippen molar-refractivity contribution >= 4 is 5.91 Å². The molecule has 1 aliphatic heterocycles. The molecule has 0 aromatic carbocycles. The van der Waals surface area contributed by atoms with E-state index in [4.69, 9.17) is 0 Å². The number of nitrogens with one attached hydrogen (secondary N) is 2. The van der Waals surface area contributed by atoms with Crippen LogP contribution in [-0.2, 0) is 4.79 Å². The lowest BCUT2D eigenvalue weighted by Gasteiger charge is -2.31. The highest BCUT2D eigenvalue weighted by atomic mass is 16.2.